The third kappa shape index (κ3) is 3.27. The van der Waals surface area contributed by atoms with Crippen LogP contribution in [0, 0.1) is 18.8 Å². The van der Waals surface area contributed by atoms with Gasteiger partial charge < -0.3 is 9.13 Å². The SMILES string of the molecule is Cc1ccccc1C[n+]1ccc(C(C2Cn3cccc3C2=O)C2Cn3cccc3C2=O)cc1. The molecule has 0 N–H and O–H groups in total. The normalized spacial score (nSPS) is 20.2. The number of rotatable bonds is 5. The van der Waals surface area contributed by atoms with Gasteiger partial charge in [0.25, 0.3) is 0 Å². The van der Waals surface area contributed by atoms with Crippen LogP contribution in [0.2, 0.25) is 0 Å². The molecule has 0 radical (unpaired) electrons. The Kier molecular flexibility index (Phi) is 4.64. The predicted molar refractivity (Wildman–Crippen MR) is 124 cm³/mol. The summed E-state index contributed by atoms with van der Waals surface area (Å²) in [6.45, 7) is 4.17. The summed E-state index contributed by atoms with van der Waals surface area (Å²) in [5, 5.41) is 0. The smallest absolute Gasteiger partial charge is 0.184 e. The van der Waals surface area contributed by atoms with Gasteiger partial charge in [0.15, 0.2) is 30.5 Å². The Bertz CT molecular complexity index is 1300. The molecule has 33 heavy (non-hydrogen) atoms. The summed E-state index contributed by atoms with van der Waals surface area (Å²) in [5.74, 6) is -0.325. The van der Waals surface area contributed by atoms with E-state index in [9.17, 15) is 9.59 Å². The molecule has 0 amide bonds. The lowest BCUT2D eigenvalue weighted by Crippen LogP contribution is -2.35. The first-order valence-electron chi connectivity index (χ1n) is 11.5. The highest BCUT2D eigenvalue weighted by atomic mass is 16.1. The van der Waals surface area contributed by atoms with E-state index >= 15 is 0 Å². The van der Waals surface area contributed by atoms with E-state index in [1.807, 2.05) is 45.8 Å². The molecule has 2 aliphatic rings. The monoisotopic (exact) mass is 436 g/mol. The van der Waals surface area contributed by atoms with Gasteiger partial charge >= 0.3 is 0 Å². The molecule has 5 heterocycles. The minimum Gasteiger partial charge on any atom is -0.344 e. The third-order valence-corrected chi connectivity index (χ3v) is 7.41. The molecule has 2 atom stereocenters. The first-order chi connectivity index (χ1) is 16.1. The molecule has 2 aliphatic heterocycles. The van der Waals surface area contributed by atoms with Crippen LogP contribution < -0.4 is 4.57 Å². The largest absolute Gasteiger partial charge is 0.344 e. The van der Waals surface area contributed by atoms with E-state index in [4.69, 9.17) is 0 Å². The zero-order chi connectivity index (χ0) is 22.5. The number of aromatic nitrogens is 3. The summed E-state index contributed by atoms with van der Waals surface area (Å²) in [5.41, 5.74) is 5.11. The third-order valence-electron chi connectivity index (χ3n) is 7.41. The van der Waals surface area contributed by atoms with Crippen molar-refractivity contribution in [3.63, 3.8) is 0 Å². The number of fused-ring (bicyclic) bond motifs is 2. The molecule has 2 unspecified atom stereocenters. The fourth-order valence-corrected chi connectivity index (χ4v) is 5.64. The van der Waals surface area contributed by atoms with Gasteiger partial charge in [-0.2, -0.15) is 0 Å². The molecule has 0 spiro atoms. The van der Waals surface area contributed by atoms with Crippen molar-refractivity contribution in [3.05, 3.63) is 114 Å². The lowest BCUT2D eigenvalue weighted by Gasteiger charge is -2.27. The number of nitrogens with zero attached hydrogens (tertiary/aromatic N) is 3. The maximum atomic E-state index is 13.3. The van der Waals surface area contributed by atoms with Crippen LogP contribution in [0.25, 0.3) is 0 Å². The van der Waals surface area contributed by atoms with Crippen LogP contribution in [0.1, 0.15) is 43.6 Å². The van der Waals surface area contributed by atoms with Gasteiger partial charge in [-0.15, -0.1) is 0 Å². The summed E-state index contributed by atoms with van der Waals surface area (Å²) in [6, 6.07) is 20.2. The molecule has 5 nitrogen and oxygen atoms in total. The van der Waals surface area contributed by atoms with Crippen LogP contribution in [-0.2, 0) is 19.6 Å². The number of carbonyl (C=O) groups excluding carboxylic acids is 2. The van der Waals surface area contributed by atoms with Crippen molar-refractivity contribution in [2.24, 2.45) is 11.8 Å². The molecule has 4 aromatic rings. The minimum absolute atomic E-state index is 0.144. The minimum atomic E-state index is -0.230. The van der Waals surface area contributed by atoms with Gasteiger partial charge in [0.05, 0.1) is 11.4 Å². The fourth-order valence-electron chi connectivity index (χ4n) is 5.64. The second-order valence-corrected chi connectivity index (χ2v) is 9.29. The van der Waals surface area contributed by atoms with Gasteiger partial charge in [0, 0.05) is 60.9 Å². The van der Waals surface area contributed by atoms with Gasteiger partial charge in [-0.25, -0.2) is 4.57 Å². The topological polar surface area (TPSA) is 47.9 Å². The Morgan fingerprint density at radius 1 is 0.818 bits per heavy atom. The van der Waals surface area contributed by atoms with Crippen LogP contribution in [0.15, 0.2) is 85.5 Å². The standard InChI is InChI=1S/C28H26N3O2/c1-19-6-2-3-7-21(19)16-29-14-10-20(11-15-29)26(22-17-30-12-4-8-24(30)27(22)32)23-18-31-13-5-9-25(31)28(23)33/h2-15,22-23,26H,16-18H2,1H3/q+1. The predicted octanol–water partition coefficient (Wildman–Crippen LogP) is 4.04. The van der Waals surface area contributed by atoms with Gasteiger partial charge in [0.2, 0.25) is 0 Å². The van der Waals surface area contributed by atoms with E-state index in [2.05, 4.69) is 60.3 Å². The van der Waals surface area contributed by atoms with Crippen molar-refractivity contribution in [1.82, 2.24) is 9.13 Å². The molecule has 3 aromatic heterocycles. The van der Waals surface area contributed by atoms with E-state index in [1.165, 1.54) is 11.1 Å². The number of aryl methyl sites for hydroxylation is 1. The van der Waals surface area contributed by atoms with E-state index in [-0.39, 0.29) is 29.3 Å². The van der Waals surface area contributed by atoms with E-state index in [0.717, 1.165) is 23.5 Å². The van der Waals surface area contributed by atoms with Crippen LogP contribution in [0.3, 0.4) is 0 Å². The number of Topliss-reactive ketones (excluding diaryl/α,β-unsaturated/α-hetero) is 2. The summed E-state index contributed by atoms with van der Waals surface area (Å²) < 4.78 is 6.21. The van der Waals surface area contributed by atoms with Crippen LogP contribution in [0.4, 0.5) is 0 Å². The Morgan fingerprint density at radius 3 is 1.94 bits per heavy atom. The zero-order valence-electron chi connectivity index (χ0n) is 18.6. The molecule has 0 aliphatic carbocycles. The number of hydrogen-bond donors (Lipinski definition) is 0. The molecule has 0 bridgehead atoms. The lowest BCUT2D eigenvalue weighted by molar-refractivity contribution is -0.688. The molecular formula is C28H26N3O2+. The van der Waals surface area contributed by atoms with Crippen LogP contribution >= 0.6 is 0 Å². The molecule has 1 aromatic carbocycles. The van der Waals surface area contributed by atoms with Crippen molar-refractivity contribution in [3.8, 4) is 0 Å². The van der Waals surface area contributed by atoms with E-state index in [1.54, 1.807) is 0 Å². The molecule has 5 heteroatoms. The van der Waals surface area contributed by atoms with Crippen molar-refractivity contribution in [2.45, 2.75) is 32.5 Å². The molecule has 164 valence electrons. The highest BCUT2D eigenvalue weighted by molar-refractivity contribution is 6.02. The molecule has 0 fully saturated rings. The first kappa shape index (κ1) is 19.9. The quantitative estimate of drug-likeness (QED) is 0.443. The maximum absolute atomic E-state index is 13.3. The second kappa shape index (κ2) is 7.69. The molecule has 0 saturated carbocycles. The second-order valence-electron chi connectivity index (χ2n) is 9.29. The first-order valence-corrected chi connectivity index (χ1v) is 11.5. The highest BCUT2D eigenvalue weighted by Gasteiger charge is 2.46. The molecule has 6 rings (SSSR count). The zero-order valence-corrected chi connectivity index (χ0v) is 18.6. The highest BCUT2D eigenvalue weighted by Crippen LogP contribution is 2.42. The average molecular weight is 437 g/mol. The van der Waals surface area contributed by atoms with Crippen molar-refractivity contribution in [1.29, 1.82) is 0 Å². The van der Waals surface area contributed by atoms with Crippen LogP contribution in [0.5, 0.6) is 0 Å². The summed E-state index contributed by atoms with van der Waals surface area (Å²) >= 11 is 0. The van der Waals surface area contributed by atoms with E-state index in [0.29, 0.717) is 13.1 Å². The van der Waals surface area contributed by atoms with Gasteiger partial charge in [-0.1, -0.05) is 24.3 Å². The van der Waals surface area contributed by atoms with E-state index < -0.39 is 0 Å². The summed E-state index contributed by atoms with van der Waals surface area (Å²) in [6.07, 6.45) is 8.08. The molecule has 0 saturated heterocycles. The van der Waals surface area contributed by atoms with Gasteiger partial charge in [0.1, 0.15) is 0 Å². The van der Waals surface area contributed by atoms with Gasteiger partial charge in [-0.05, 0) is 42.3 Å². The lowest BCUT2D eigenvalue weighted by atomic mass is 9.74. The Labute approximate surface area is 192 Å². The Morgan fingerprint density at radius 2 is 1.39 bits per heavy atom. The summed E-state index contributed by atoms with van der Waals surface area (Å²) in [7, 11) is 0. The maximum Gasteiger partial charge on any atom is 0.184 e. The summed E-state index contributed by atoms with van der Waals surface area (Å²) in [4.78, 5) is 26.7. The van der Waals surface area contributed by atoms with Crippen molar-refractivity contribution < 1.29 is 14.2 Å². The van der Waals surface area contributed by atoms with Crippen molar-refractivity contribution >= 4 is 11.6 Å². The number of ketones is 2. The molecular weight excluding hydrogens is 410 g/mol. The Hall–Kier alpha value is -3.73. The van der Waals surface area contributed by atoms with Gasteiger partial charge in [-0.3, -0.25) is 9.59 Å². The van der Waals surface area contributed by atoms with Crippen LogP contribution in [-0.4, -0.2) is 20.7 Å². The Balaban J connectivity index is 1.34. The number of pyridine rings is 1. The number of hydrogen-bond acceptors (Lipinski definition) is 2. The van der Waals surface area contributed by atoms with Crippen molar-refractivity contribution in [2.75, 3.05) is 0 Å². The number of benzene rings is 1. The fraction of sp³-hybridized carbons (Fsp3) is 0.250. The number of carbonyl (C=O) groups is 2. The average Bonchev–Trinajstić information content (AvgIpc) is 3.58.